The maximum atomic E-state index is 2.32. The first-order valence-electron chi connectivity index (χ1n) is 11.3. The summed E-state index contributed by atoms with van der Waals surface area (Å²) < 4.78 is 3.61. The third kappa shape index (κ3) is 4.67. The highest BCUT2D eigenvalue weighted by Gasteiger charge is 2.25. The molecular formula is C29H23N2S4+. The fraction of sp³-hybridized carbons (Fsp3) is 0.0690. The van der Waals surface area contributed by atoms with Gasteiger partial charge in [0.1, 0.15) is 11.7 Å². The summed E-state index contributed by atoms with van der Waals surface area (Å²) in [7, 11) is 4.33. The topological polar surface area (TPSA) is 7.12 Å². The lowest BCUT2D eigenvalue weighted by Gasteiger charge is -2.13. The second kappa shape index (κ2) is 9.63. The molecule has 1 aliphatic heterocycles. The standard InChI is InChI=1S/C29H23N2S4/c1-30-24-17-20(7-11-22-5-3-15-32-22)9-13-26(24)34-28(30)19-29-31(2)25-18-21(10-14-27(25)35-29)8-12-23-6-4-16-33-23/h3-19H,1-2H3/q+1/b11-7+,12-8+. The van der Waals surface area contributed by atoms with Crippen LogP contribution >= 0.6 is 45.8 Å². The number of anilines is 1. The summed E-state index contributed by atoms with van der Waals surface area (Å²) in [5.41, 5.74) is 4.97. The van der Waals surface area contributed by atoms with Crippen LogP contribution in [0.5, 0.6) is 0 Å². The van der Waals surface area contributed by atoms with Crippen LogP contribution < -0.4 is 9.47 Å². The van der Waals surface area contributed by atoms with Crippen molar-refractivity contribution in [2.75, 3.05) is 11.9 Å². The van der Waals surface area contributed by atoms with Crippen molar-refractivity contribution in [2.24, 2.45) is 7.05 Å². The monoisotopic (exact) mass is 527 g/mol. The van der Waals surface area contributed by atoms with Gasteiger partial charge in [-0.2, -0.15) is 4.57 Å². The van der Waals surface area contributed by atoms with Crippen molar-refractivity contribution in [2.45, 2.75) is 4.90 Å². The zero-order valence-electron chi connectivity index (χ0n) is 19.3. The van der Waals surface area contributed by atoms with Crippen molar-refractivity contribution in [3.63, 3.8) is 0 Å². The number of thiazole rings is 1. The van der Waals surface area contributed by atoms with Gasteiger partial charge in [-0.05, 0) is 64.4 Å². The molecule has 0 radical (unpaired) electrons. The molecule has 0 bridgehead atoms. The molecule has 0 spiro atoms. The van der Waals surface area contributed by atoms with Crippen molar-refractivity contribution >= 4 is 92.1 Å². The normalized spacial score (nSPS) is 14.8. The smallest absolute Gasteiger partial charge is 0.265 e. The lowest BCUT2D eigenvalue weighted by molar-refractivity contribution is -0.642. The Kier molecular flexibility index (Phi) is 6.20. The third-order valence-electron chi connectivity index (χ3n) is 5.99. The van der Waals surface area contributed by atoms with Gasteiger partial charge in [0.25, 0.3) is 5.01 Å². The summed E-state index contributed by atoms with van der Waals surface area (Å²) in [5.74, 6) is 0. The van der Waals surface area contributed by atoms with Gasteiger partial charge in [-0.25, -0.2) is 0 Å². The summed E-state index contributed by atoms with van der Waals surface area (Å²) in [6.45, 7) is 0. The quantitative estimate of drug-likeness (QED) is 0.211. The number of hydrogen-bond acceptors (Lipinski definition) is 5. The van der Waals surface area contributed by atoms with E-state index in [1.54, 1.807) is 22.7 Å². The van der Waals surface area contributed by atoms with Crippen LogP contribution in [0.3, 0.4) is 0 Å². The van der Waals surface area contributed by atoms with E-state index in [9.17, 15) is 0 Å². The molecule has 6 rings (SSSR count). The highest BCUT2D eigenvalue weighted by molar-refractivity contribution is 8.03. The van der Waals surface area contributed by atoms with Crippen LogP contribution in [0.25, 0.3) is 40.6 Å². The van der Waals surface area contributed by atoms with Crippen LogP contribution in [0.2, 0.25) is 0 Å². The Morgan fingerprint density at radius 3 is 2.17 bits per heavy atom. The van der Waals surface area contributed by atoms with Crippen LogP contribution in [0.1, 0.15) is 25.9 Å². The van der Waals surface area contributed by atoms with Crippen molar-refractivity contribution < 1.29 is 4.57 Å². The molecule has 0 N–H and O–H groups in total. The van der Waals surface area contributed by atoms with E-state index in [2.05, 4.69) is 125 Å². The predicted octanol–water partition coefficient (Wildman–Crippen LogP) is 8.73. The van der Waals surface area contributed by atoms with Crippen LogP contribution in [0.15, 0.2) is 81.3 Å². The number of thioether (sulfide) groups is 1. The van der Waals surface area contributed by atoms with Gasteiger partial charge < -0.3 is 4.90 Å². The van der Waals surface area contributed by atoms with Crippen LogP contribution in [0, 0.1) is 0 Å². The number of benzene rings is 2. The molecule has 0 atom stereocenters. The van der Waals surface area contributed by atoms with Gasteiger partial charge in [-0.1, -0.05) is 59.5 Å². The molecule has 0 aliphatic carbocycles. The number of fused-ring (bicyclic) bond motifs is 2. The van der Waals surface area contributed by atoms with Crippen LogP contribution in [-0.4, -0.2) is 7.05 Å². The van der Waals surface area contributed by atoms with E-state index in [4.69, 9.17) is 0 Å². The Morgan fingerprint density at radius 1 is 0.800 bits per heavy atom. The molecule has 35 heavy (non-hydrogen) atoms. The molecule has 6 heteroatoms. The Bertz CT molecular complexity index is 1590. The number of nitrogens with zero attached hydrogens (tertiary/aromatic N) is 2. The first kappa shape index (κ1) is 22.6. The summed E-state index contributed by atoms with van der Waals surface area (Å²) >= 11 is 7.20. The molecule has 1 aliphatic rings. The molecule has 0 saturated heterocycles. The summed E-state index contributed by atoms with van der Waals surface area (Å²) in [5, 5.41) is 6.72. The van der Waals surface area contributed by atoms with E-state index in [0.717, 1.165) is 0 Å². The first-order chi connectivity index (χ1) is 17.1. The molecule has 0 fully saturated rings. The summed E-state index contributed by atoms with van der Waals surface area (Å²) in [6, 6.07) is 21.9. The van der Waals surface area contributed by atoms with E-state index < -0.39 is 0 Å². The number of thiophene rings is 2. The number of aromatic nitrogens is 1. The van der Waals surface area contributed by atoms with E-state index in [1.165, 1.54) is 51.7 Å². The maximum Gasteiger partial charge on any atom is 0.265 e. The lowest BCUT2D eigenvalue weighted by atomic mass is 10.1. The molecule has 3 aromatic heterocycles. The molecule has 0 saturated carbocycles. The highest BCUT2D eigenvalue weighted by Crippen LogP contribution is 2.46. The van der Waals surface area contributed by atoms with E-state index in [0.29, 0.717) is 0 Å². The maximum absolute atomic E-state index is 2.32. The minimum atomic E-state index is 1.22. The van der Waals surface area contributed by atoms with Crippen molar-refractivity contribution in [1.82, 2.24) is 0 Å². The average Bonchev–Trinajstić information content (AvgIpc) is 3.67. The minimum Gasteiger partial charge on any atom is -0.338 e. The first-order valence-corrected chi connectivity index (χ1v) is 14.7. The fourth-order valence-electron chi connectivity index (χ4n) is 4.06. The summed E-state index contributed by atoms with van der Waals surface area (Å²) in [6.07, 6.45) is 11.1. The SMILES string of the molecule is CN1/C(=C\c2sc3ccc(/C=C/c4cccs4)cc3[n+]2C)Sc2ccc(/C=C/c3cccs3)cc21. The Labute approximate surface area is 221 Å². The second-order valence-electron chi connectivity index (χ2n) is 8.29. The van der Waals surface area contributed by atoms with Crippen LogP contribution in [0.4, 0.5) is 5.69 Å². The molecule has 2 aromatic carbocycles. The molecular weight excluding hydrogens is 505 g/mol. The third-order valence-corrected chi connectivity index (χ3v) is 10.00. The number of aryl methyl sites for hydroxylation is 1. The van der Waals surface area contributed by atoms with Gasteiger partial charge in [0.05, 0.1) is 16.8 Å². The van der Waals surface area contributed by atoms with Gasteiger partial charge in [0.2, 0.25) is 5.52 Å². The largest absolute Gasteiger partial charge is 0.338 e. The molecule has 0 amide bonds. The van der Waals surface area contributed by atoms with Gasteiger partial charge in [0, 0.05) is 27.8 Å². The number of rotatable bonds is 5. The summed E-state index contributed by atoms with van der Waals surface area (Å²) in [4.78, 5) is 6.16. The Balaban J connectivity index is 1.27. The molecule has 4 heterocycles. The highest BCUT2D eigenvalue weighted by atomic mass is 32.2. The fourth-order valence-corrected chi connectivity index (χ4v) is 7.51. The van der Waals surface area contributed by atoms with Gasteiger partial charge in [-0.3, -0.25) is 0 Å². The van der Waals surface area contributed by atoms with E-state index in [1.807, 2.05) is 23.1 Å². The molecule has 2 nitrogen and oxygen atoms in total. The lowest BCUT2D eigenvalue weighted by Crippen LogP contribution is -2.29. The van der Waals surface area contributed by atoms with Crippen LogP contribution in [-0.2, 0) is 7.05 Å². The number of hydrogen-bond donors (Lipinski definition) is 0. The zero-order chi connectivity index (χ0) is 23.8. The van der Waals surface area contributed by atoms with Crippen molar-refractivity contribution in [1.29, 1.82) is 0 Å². The second-order valence-corrected chi connectivity index (χ2v) is 12.4. The molecule has 172 valence electrons. The molecule has 5 aromatic rings. The Hall–Kier alpha value is -2.90. The van der Waals surface area contributed by atoms with E-state index >= 15 is 0 Å². The van der Waals surface area contributed by atoms with E-state index in [-0.39, 0.29) is 0 Å². The van der Waals surface area contributed by atoms with Crippen molar-refractivity contribution in [3.8, 4) is 0 Å². The van der Waals surface area contributed by atoms with Gasteiger partial charge in [-0.15, -0.1) is 22.7 Å². The van der Waals surface area contributed by atoms with Crippen molar-refractivity contribution in [3.05, 3.63) is 102 Å². The predicted molar refractivity (Wildman–Crippen MR) is 158 cm³/mol. The average molecular weight is 528 g/mol. The van der Waals surface area contributed by atoms with Gasteiger partial charge in [0.15, 0.2) is 0 Å². The zero-order valence-corrected chi connectivity index (χ0v) is 22.6. The molecule has 0 unspecified atom stereocenters. The van der Waals surface area contributed by atoms with Gasteiger partial charge >= 0.3 is 0 Å². The Morgan fingerprint density at radius 2 is 1.49 bits per heavy atom. The minimum absolute atomic E-state index is 1.22.